The van der Waals surface area contributed by atoms with Crippen LogP contribution in [0.5, 0.6) is 11.5 Å². The Labute approximate surface area is 226 Å². The van der Waals surface area contributed by atoms with E-state index in [-0.39, 0.29) is 33.9 Å². The summed E-state index contributed by atoms with van der Waals surface area (Å²) in [7, 11) is 0. The predicted octanol–water partition coefficient (Wildman–Crippen LogP) is 3.38. The normalized spacial score (nSPS) is 22.5. The average Bonchev–Trinajstić information content (AvgIpc) is 2.89. The fourth-order valence-corrected chi connectivity index (χ4v) is 10.4. The highest BCUT2D eigenvalue weighted by molar-refractivity contribution is 8.17. The van der Waals surface area contributed by atoms with Crippen LogP contribution in [0.25, 0.3) is 0 Å². The molecule has 3 rings (SSSR count). The number of carbonyl (C=O) groups excluding carboxylic acids is 2. The maximum absolute atomic E-state index is 12.2. The Hall–Kier alpha value is 0.180. The number of ether oxygens (including phenoxy) is 2. The first-order valence-corrected chi connectivity index (χ1v) is 17.3. The molecular weight excluding hydrogens is 553 g/mol. The molecule has 2 saturated heterocycles. The summed E-state index contributed by atoms with van der Waals surface area (Å²) in [5.41, 5.74) is 0. The minimum absolute atomic E-state index is 0.0164. The molecule has 34 heavy (non-hydrogen) atoms. The van der Waals surface area contributed by atoms with Gasteiger partial charge in [0.1, 0.15) is 24.7 Å². The fraction of sp³-hybridized carbons (Fsp3) is 0.636. The highest BCUT2D eigenvalue weighted by Gasteiger charge is 2.24. The molecule has 190 valence electrons. The van der Waals surface area contributed by atoms with E-state index in [1.165, 1.54) is 23.5 Å². The lowest BCUT2D eigenvalue weighted by molar-refractivity contribution is -0.111. The van der Waals surface area contributed by atoms with Gasteiger partial charge in [0, 0.05) is 52.1 Å². The van der Waals surface area contributed by atoms with Crippen LogP contribution in [0.4, 0.5) is 0 Å². The van der Waals surface area contributed by atoms with Gasteiger partial charge < -0.3 is 19.7 Å². The molecule has 0 spiro atoms. The van der Waals surface area contributed by atoms with E-state index in [2.05, 4.69) is 0 Å². The van der Waals surface area contributed by atoms with Crippen LogP contribution in [-0.4, -0.2) is 102 Å². The summed E-state index contributed by atoms with van der Waals surface area (Å²) in [4.78, 5) is 24.5. The van der Waals surface area contributed by atoms with Crippen LogP contribution in [0.2, 0.25) is 0 Å². The van der Waals surface area contributed by atoms with Crippen LogP contribution in [0.3, 0.4) is 0 Å². The molecule has 6 nitrogen and oxygen atoms in total. The first-order valence-electron chi connectivity index (χ1n) is 10.9. The molecule has 1 aromatic carbocycles. The van der Waals surface area contributed by atoms with Crippen molar-refractivity contribution in [2.24, 2.45) is 0 Å². The van der Waals surface area contributed by atoms with Crippen molar-refractivity contribution in [3.8, 4) is 11.5 Å². The van der Waals surface area contributed by atoms with E-state index < -0.39 is 12.2 Å². The number of benzene rings is 1. The SMILES string of the molecule is O=C(SCC(O)COc1cccc(OCC(O)CSC(=O)C2CSCCS2)c1)C1CSCCS1. The highest BCUT2D eigenvalue weighted by atomic mass is 32.2. The lowest BCUT2D eigenvalue weighted by Crippen LogP contribution is -2.26. The molecule has 0 saturated carbocycles. The molecule has 0 bridgehead atoms. The maximum atomic E-state index is 12.2. The summed E-state index contributed by atoms with van der Waals surface area (Å²) >= 11 is 9.34. The van der Waals surface area contributed by atoms with Gasteiger partial charge in [0.25, 0.3) is 0 Å². The number of rotatable bonds is 12. The largest absolute Gasteiger partial charge is 0.491 e. The van der Waals surface area contributed by atoms with E-state index in [0.29, 0.717) is 23.0 Å². The molecule has 0 aliphatic carbocycles. The molecule has 0 amide bonds. The molecule has 2 N–H and O–H groups in total. The van der Waals surface area contributed by atoms with Crippen molar-refractivity contribution in [1.82, 2.24) is 0 Å². The lowest BCUT2D eigenvalue weighted by Gasteiger charge is -2.20. The van der Waals surface area contributed by atoms with Crippen molar-refractivity contribution in [2.45, 2.75) is 22.7 Å². The van der Waals surface area contributed by atoms with Crippen molar-refractivity contribution < 1.29 is 29.3 Å². The van der Waals surface area contributed by atoms with E-state index in [1.807, 2.05) is 0 Å². The van der Waals surface area contributed by atoms with Crippen LogP contribution in [0.1, 0.15) is 0 Å². The third-order valence-electron chi connectivity index (χ3n) is 4.68. The third-order valence-corrected chi connectivity index (χ3v) is 12.7. The van der Waals surface area contributed by atoms with E-state index in [9.17, 15) is 19.8 Å². The monoisotopic (exact) mass is 582 g/mol. The molecule has 2 aliphatic rings. The van der Waals surface area contributed by atoms with Gasteiger partial charge in [-0.15, -0.1) is 23.5 Å². The summed E-state index contributed by atoms with van der Waals surface area (Å²) in [5, 5.41) is 20.7. The summed E-state index contributed by atoms with van der Waals surface area (Å²) in [6.07, 6.45) is -1.51. The lowest BCUT2D eigenvalue weighted by atomic mass is 10.3. The average molecular weight is 583 g/mol. The number of hydrogen-bond donors (Lipinski definition) is 2. The highest BCUT2D eigenvalue weighted by Crippen LogP contribution is 2.29. The second kappa shape index (κ2) is 16.1. The number of hydrogen-bond acceptors (Lipinski definition) is 12. The summed E-state index contributed by atoms with van der Waals surface area (Å²) in [6.45, 7) is 0.157. The Kier molecular flexibility index (Phi) is 13.6. The predicted molar refractivity (Wildman–Crippen MR) is 152 cm³/mol. The molecule has 4 atom stereocenters. The minimum Gasteiger partial charge on any atom is -0.491 e. The van der Waals surface area contributed by atoms with Gasteiger partial charge in [0.2, 0.25) is 10.2 Å². The first kappa shape index (κ1) is 28.7. The third kappa shape index (κ3) is 10.7. The number of carbonyl (C=O) groups is 2. The van der Waals surface area contributed by atoms with Crippen molar-refractivity contribution in [1.29, 1.82) is 0 Å². The summed E-state index contributed by atoms with van der Waals surface area (Å²) in [6, 6.07) is 6.99. The Morgan fingerprint density at radius 3 is 1.74 bits per heavy atom. The van der Waals surface area contributed by atoms with Crippen LogP contribution >= 0.6 is 70.6 Å². The molecular formula is C22H30O6S6. The topological polar surface area (TPSA) is 93.1 Å². The summed E-state index contributed by atoms with van der Waals surface area (Å²) in [5.74, 6) is 7.56. The zero-order valence-electron chi connectivity index (χ0n) is 18.7. The van der Waals surface area contributed by atoms with Crippen molar-refractivity contribution in [3.05, 3.63) is 24.3 Å². The Morgan fingerprint density at radius 2 is 1.32 bits per heavy atom. The number of aliphatic hydroxyl groups is 2. The van der Waals surface area contributed by atoms with Gasteiger partial charge >= 0.3 is 0 Å². The Morgan fingerprint density at radius 1 is 0.853 bits per heavy atom. The van der Waals surface area contributed by atoms with Crippen molar-refractivity contribution in [2.75, 3.05) is 59.2 Å². The minimum atomic E-state index is -0.753. The quantitative estimate of drug-likeness (QED) is 0.378. The molecule has 4 unspecified atom stereocenters. The van der Waals surface area contributed by atoms with Crippen molar-refractivity contribution >= 4 is 80.8 Å². The standard InChI is InChI=1S/C22H30O6S6/c23-15(11-33-21(25)19-13-29-4-6-31-19)9-27-17-2-1-3-18(8-17)28-10-16(24)12-34-22(26)20-14-30-5-7-32-20/h1-3,8,15-16,19-20,23-24H,4-7,9-14H2. The van der Waals surface area contributed by atoms with E-state index in [4.69, 9.17) is 9.47 Å². The summed E-state index contributed by atoms with van der Waals surface area (Å²) < 4.78 is 11.3. The number of thioether (sulfide) groups is 6. The second-order valence-corrected chi connectivity index (χ2v) is 14.5. The van der Waals surface area contributed by atoms with E-state index in [0.717, 1.165) is 34.5 Å². The smallest absolute Gasteiger partial charge is 0.202 e. The van der Waals surface area contributed by atoms with Crippen LogP contribution in [-0.2, 0) is 9.59 Å². The Balaban J connectivity index is 1.32. The zero-order valence-corrected chi connectivity index (χ0v) is 23.6. The second-order valence-electron chi connectivity index (χ2n) is 7.53. The van der Waals surface area contributed by atoms with Crippen molar-refractivity contribution in [3.63, 3.8) is 0 Å². The van der Waals surface area contributed by atoms with E-state index >= 15 is 0 Å². The maximum Gasteiger partial charge on any atom is 0.202 e. The molecule has 0 aromatic heterocycles. The number of aliphatic hydroxyl groups excluding tert-OH is 2. The van der Waals surface area contributed by atoms with Gasteiger partial charge in [-0.2, -0.15) is 23.5 Å². The molecule has 0 radical (unpaired) electrons. The fourth-order valence-electron chi connectivity index (χ4n) is 2.93. The molecule has 2 aliphatic heterocycles. The van der Waals surface area contributed by atoms with Gasteiger partial charge in [0.15, 0.2) is 0 Å². The van der Waals surface area contributed by atoms with E-state index in [1.54, 1.807) is 71.3 Å². The zero-order chi connectivity index (χ0) is 24.2. The first-order chi connectivity index (χ1) is 16.5. The van der Waals surface area contributed by atoms with Crippen LogP contribution < -0.4 is 9.47 Å². The van der Waals surface area contributed by atoms with Gasteiger partial charge in [-0.3, -0.25) is 9.59 Å². The van der Waals surface area contributed by atoms with Gasteiger partial charge in [-0.05, 0) is 12.1 Å². The van der Waals surface area contributed by atoms with Gasteiger partial charge in [-0.25, -0.2) is 0 Å². The molecule has 2 heterocycles. The molecule has 1 aromatic rings. The van der Waals surface area contributed by atoms with Crippen LogP contribution in [0, 0.1) is 0 Å². The van der Waals surface area contributed by atoms with Gasteiger partial charge in [0.05, 0.1) is 22.7 Å². The molecule has 2 fully saturated rings. The Bertz CT molecular complexity index is 713. The van der Waals surface area contributed by atoms with Gasteiger partial charge in [-0.1, -0.05) is 29.6 Å². The molecule has 12 heteroatoms. The van der Waals surface area contributed by atoms with Crippen LogP contribution in [0.15, 0.2) is 24.3 Å².